The molecule has 0 aliphatic carbocycles. The van der Waals surface area contributed by atoms with Crippen LogP contribution in [0.1, 0.15) is 12.8 Å². The molecule has 1 aliphatic rings. The van der Waals surface area contributed by atoms with Crippen LogP contribution in [0.5, 0.6) is 0 Å². The van der Waals surface area contributed by atoms with Gasteiger partial charge in [0.2, 0.25) is 0 Å². The van der Waals surface area contributed by atoms with Crippen LogP contribution < -0.4 is 4.90 Å². The van der Waals surface area contributed by atoms with E-state index in [-0.39, 0.29) is 12.8 Å². The van der Waals surface area contributed by atoms with Crippen molar-refractivity contribution in [3.63, 3.8) is 0 Å². The Morgan fingerprint density at radius 2 is 1.70 bits per heavy atom. The van der Waals surface area contributed by atoms with Gasteiger partial charge in [0.25, 0.3) is 0 Å². The topological polar surface area (TPSA) is 29.0 Å². The number of halogens is 3. The van der Waals surface area contributed by atoms with Crippen LogP contribution in [0.15, 0.2) is 54.0 Å². The van der Waals surface area contributed by atoms with Gasteiger partial charge in [0.15, 0.2) is 0 Å². The van der Waals surface area contributed by atoms with Gasteiger partial charge in [-0.15, -0.1) is 11.3 Å². The van der Waals surface area contributed by atoms with E-state index in [1.165, 1.54) is 0 Å². The Morgan fingerprint density at radius 3 is 2.33 bits per heavy atom. The molecule has 1 aromatic carbocycles. The highest BCUT2D eigenvalue weighted by molar-refractivity contribution is 7.13. The molecule has 1 fully saturated rings. The summed E-state index contributed by atoms with van der Waals surface area (Å²) in [7, 11) is 0. The smallest absolute Gasteiger partial charge is 0.357 e. The maximum Gasteiger partial charge on any atom is 0.391 e. The first-order valence-corrected chi connectivity index (χ1v) is 9.68. The normalized spacial score (nSPS) is 15.9. The lowest BCUT2D eigenvalue weighted by Gasteiger charge is -2.33. The van der Waals surface area contributed by atoms with E-state index in [1.807, 2.05) is 52.7 Å². The minimum Gasteiger partial charge on any atom is -0.357 e. The van der Waals surface area contributed by atoms with E-state index in [9.17, 15) is 13.2 Å². The van der Waals surface area contributed by atoms with Crippen molar-refractivity contribution >= 4 is 17.2 Å². The van der Waals surface area contributed by atoms with Crippen molar-refractivity contribution in [1.82, 2.24) is 9.97 Å². The fraction of sp³-hybridized carbons (Fsp3) is 0.300. The average Bonchev–Trinajstić information content (AvgIpc) is 3.19. The summed E-state index contributed by atoms with van der Waals surface area (Å²) in [4.78, 5) is 11.0. The molecule has 0 unspecified atom stereocenters. The van der Waals surface area contributed by atoms with Gasteiger partial charge in [0.05, 0.1) is 11.6 Å². The highest BCUT2D eigenvalue weighted by Crippen LogP contribution is 2.35. The minimum atomic E-state index is -4.09. The molecular formula is C20H18F3N3S. The number of aromatic nitrogens is 2. The van der Waals surface area contributed by atoms with Crippen LogP contribution in [-0.2, 0) is 0 Å². The number of piperidine rings is 1. The van der Waals surface area contributed by atoms with Gasteiger partial charge >= 0.3 is 6.18 Å². The quantitative estimate of drug-likeness (QED) is 0.580. The summed E-state index contributed by atoms with van der Waals surface area (Å²) < 4.78 is 38.4. The van der Waals surface area contributed by atoms with Gasteiger partial charge in [0.1, 0.15) is 10.8 Å². The standard InChI is InChI=1S/C20H18F3N3S/c21-20(22,23)16-8-10-26(11-9-16)18-7-6-15(12-24-18)19-25-17(13-27-19)14-4-2-1-3-5-14/h1-7,12-13,16H,8-11H2. The number of rotatable bonds is 3. The number of benzene rings is 1. The maximum atomic E-state index is 12.8. The first-order chi connectivity index (χ1) is 13.0. The predicted octanol–water partition coefficient (Wildman–Crippen LogP) is 5.65. The summed E-state index contributed by atoms with van der Waals surface area (Å²) in [6.45, 7) is 0.762. The van der Waals surface area contributed by atoms with E-state index < -0.39 is 12.1 Å². The summed E-state index contributed by atoms with van der Waals surface area (Å²) in [5.41, 5.74) is 2.90. The molecule has 3 aromatic rings. The highest BCUT2D eigenvalue weighted by atomic mass is 32.1. The lowest BCUT2D eigenvalue weighted by Crippen LogP contribution is -2.39. The molecule has 3 heterocycles. The largest absolute Gasteiger partial charge is 0.391 e. The fourth-order valence-corrected chi connectivity index (χ4v) is 4.10. The predicted molar refractivity (Wildman–Crippen MR) is 102 cm³/mol. The molecule has 0 amide bonds. The third-order valence-corrected chi connectivity index (χ3v) is 5.74. The van der Waals surface area contributed by atoms with Crippen molar-refractivity contribution in [2.45, 2.75) is 19.0 Å². The lowest BCUT2D eigenvalue weighted by atomic mass is 9.96. The monoisotopic (exact) mass is 389 g/mol. The summed E-state index contributed by atoms with van der Waals surface area (Å²) in [6, 6.07) is 13.8. The van der Waals surface area contributed by atoms with Crippen molar-refractivity contribution in [2.24, 2.45) is 5.92 Å². The SMILES string of the molecule is FC(F)(F)C1CCN(c2ccc(-c3nc(-c4ccccc4)cs3)cn2)CC1. The lowest BCUT2D eigenvalue weighted by molar-refractivity contribution is -0.179. The zero-order valence-electron chi connectivity index (χ0n) is 14.5. The molecule has 27 heavy (non-hydrogen) atoms. The van der Waals surface area contributed by atoms with Gasteiger partial charge in [0, 0.05) is 35.8 Å². The first kappa shape index (κ1) is 18.0. The summed E-state index contributed by atoms with van der Waals surface area (Å²) in [5.74, 6) is -0.473. The third-order valence-electron chi connectivity index (χ3n) is 4.85. The zero-order chi connectivity index (χ0) is 18.9. The van der Waals surface area contributed by atoms with Gasteiger partial charge in [-0.05, 0) is 25.0 Å². The molecule has 0 spiro atoms. The summed E-state index contributed by atoms with van der Waals surface area (Å²) in [6.07, 6.45) is -2.09. The molecule has 3 nitrogen and oxygen atoms in total. The van der Waals surface area contributed by atoms with E-state index in [0.29, 0.717) is 13.1 Å². The van der Waals surface area contributed by atoms with Crippen LogP contribution in [0.2, 0.25) is 0 Å². The van der Waals surface area contributed by atoms with Crippen molar-refractivity contribution in [1.29, 1.82) is 0 Å². The number of anilines is 1. The molecule has 0 N–H and O–H groups in total. The van der Waals surface area contributed by atoms with E-state index in [0.717, 1.165) is 27.6 Å². The van der Waals surface area contributed by atoms with Gasteiger partial charge in [-0.2, -0.15) is 13.2 Å². The molecule has 2 aromatic heterocycles. The summed E-state index contributed by atoms with van der Waals surface area (Å²) in [5, 5.41) is 2.89. The molecule has 0 saturated carbocycles. The number of hydrogen-bond acceptors (Lipinski definition) is 4. The molecule has 4 rings (SSSR count). The van der Waals surface area contributed by atoms with Crippen LogP contribution in [0, 0.1) is 5.92 Å². The van der Waals surface area contributed by atoms with E-state index in [1.54, 1.807) is 17.5 Å². The first-order valence-electron chi connectivity index (χ1n) is 8.80. The number of thiazole rings is 1. The molecule has 7 heteroatoms. The van der Waals surface area contributed by atoms with Crippen LogP contribution in [0.4, 0.5) is 19.0 Å². The van der Waals surface area contributed by atoms with E-state index >= 15 is 0 Å². The Bertz CT molecular complexity index is 883. The Kier molecular flexibility index (Phi) is 4.86. The van der Waals surface area contributed by atoms with Crippen molar-refractivity contribution in [3.05, 3.63) is 54.0 Å². The number of nitrogens with zero attached hydrogens (tertiary/aromatic N) is 3. The number of pyridine rings is 1. The Morgan fingerprint density at radius 1 is 0.963 bits per heavy atom. The molecule has 1 saturated heterocycles. The van der Waals surface area contributed by atoms with Crippen LogP contribution in [0.3, 0.4) is 0 Å². The summed E-state index contributed by atoms with van der Waals surface area (Å²) >= 11 is 1.55. The minimum absolute atomic E-state index is 0.125. The number of alkyl halides is 3. The Labute approximate surface area is 159 Å². The average molecular weight is 389 g/mol. The molecule has 0 atom stereocenters. The number of hydrogen-bond donors (Lipinski definition) is 0. The van der Waals surface area contributed by atoms with Crippen LogP contribution in [-0.4, -0.2) is 29.2 Å². The van der Waals surface area contributed by atoms with Crippen molar-refractivity contribution in [2.75, 3.05) is 18.0 Å². The second-order valence-corrected chi connectivity index (χ2v) is 7.47. The Balaban J connectivity index is 1.45. The second kappa shape index (κ2) is 7.31. The van der Waals surface area contributed by atoms with Gasteiger partial charge in [-0.1, -0.05) is 30.3 Å². The molecule has 1 aliphatic heterocycles. The van der Waals surface area contributed by atoms with Crippen molar-refractivity contribution in [3.8, 4) is 21.8 Å². The van der Waals surface area contributed by atoms with Crippen LogP contribution in [0.25, 0.3) is 21.8 Å². The van der Waals surface area contributed by atoms with E-state index in [2.05, 4.69) is 9.97 Å². The molecular weight excluding hydrogens is 371 g/mol. The highest BCUT2D eigenvalue weighted by Gasteiger charge is 2.41. The second-order valence-electron chi connectivity index (χ2n) is 6.61. The molecule has 0 bridgehead atoms. The third kappa shape index (κ3) is 3.98. The van der Waals surface area contributed by atoms with Crippen LogP contribution >= 0.6 is 11.3 Å². The van der Waals surface area contributed by atoms with Gasteiger partial charge in [-0.3, -0.25) is 0 Å². The fourth-order valence-electron chi connectivity index (χ4n) is 3.28. The zero-order valence-corrected chi connectivity index (χ0v) is 15.3. The molecule has 140 valence electrons. The van der Waals surface area contributed by atoms with Gasteiger partial charge in [-0.25, -0.2) is 9.97 Å². The van der Waals surface area contributed by atoms with Crippen molar-refractivity contribution < 1.29 is 13.2 Å². The molecule has 0 radical (unpaired) electrons. The van der Waals surface area contributed by atoms with E-state index in [4.69, 9.17) is 0 Å². The van der Waals surface area contributed by atoms with Gasteiger partial charge < -0.3 is 4.90 Å². The Hall–Kier alpha value is -2.41. The maximum absolute atomic E-state index is 12.8.